The molecule has 175 valence electrons. The van der Waals surface area contributed by atoms with Gasteiger partial charge in [0, 0.05) is 23.3 Å². The third-order valence-electron chi connectivity index (χ3n) is 10.2. The second-order valence-corrected chi connectivity index (χ2v) is 14.6. The van der Waals surface area contributed by atoms with E-state index in [2.05, 4.69) is 63.2 Å². The Bertz CT molecular complexity index is 666. The fourth-order valence-electron chi connectivity index (χ4n) is 7.80. The van der Waals surface area contributed by atoms with Gasteiger partial charge in [0.25, 0.3) is 7.48 Å². The topological polar surface area (TPSA) is 21.7 Å². The molecule has 0 aromatic carbocycles. The molecule has 11 atom stereocenters. The average molecular weight is 446 g/mol. The summed E-state index contributed by atoms with van der Waals surface area (Å²) in [6.45, 7) is 13.9. The summed E-state index contributed by atoms with van der Waals surface area (Å²) < 4.78 is 13.3. The van der Waals surface area contributed by atoms with Gasteiger partial charge in [0.1, 0.15) is 0 Å². The van der Waals surface area contributed by atoms with Crippen molar-refractivity contribution in [1.82, 2.24) is 4.90 Å². The Kier molecular flexibility index (Phi) is 6.15. The first-order valence-corrected chi connectivity index (χ1v) is 13.9. The first-order chi connectivity index (χ1) is 14.5. The highest BCUT2D eigenvalue weighted by Crippen LogP contribution is 2.57. The third-order valence-corrected chi connectivity index (χ3v) is 10.9. The maximum Gasteiger partial charge on any atom is 0.296 e. The van der Waals surface area contributed by atoms with Crippen molar-refractivity contribution in [3.8, 4) is 0 Å². The molecule has 2 heterocycles. The first-order valence-electron chi connectivity index (χ1n) is 13.3. The number of hydrogen-bond acceptors (Lipinski definition) is 3. The highest BCUT2D eigenvalue weighted by Gasteiger charge is 2.61. The van der Waals surface area contributed by atoms with Crippen LogP contribution in [0.3, 0.4) is 0 Å². The zero-order valence-corrected chi connectivity index (χ0v) is 22.0. The molecule has 1 radical (unpaired) electrons. The number of ether oxygens (including phenoxy) is 1. The van der Waals surface area contributed by atoms with E-state index >= 15 is 0 Å². The second kappa shape index (κ2) is 8.25. The van der Waals surface area contributed by atoms with Gasteiger partial charge >= 0.3 is 0 Å². The van der Waals surface area contributed by atoms with Gasteiger partial charge in [0.2, 0.25) is 0 Å². The van der Waals surface area contributed by atoms with Gasteiger partial charge in [0.05, 0.1) is 17.8 Å². The van der Waals surface area contributed by atoms with E-state index in [0.717, 1.165) is 29.7 Å². The minimum atomic E-state index is -0.161. The lowest BCUT2D eigenvalue weighted by Gasteiger charge is -2.55. The van der Waals surface area contributed by atoms with Gasteiger partial charge < -0.3 is 9.39 Å². The molecule has 11 unspecified atom stereocenters. The van der Waals surface area contributed by atoms with Crippen molar-refractivity contribution in [2.45, 2.75) is 140 Å². The summed E-state index contributed by atoms with van der Waals surface area (Å²) in [7, 11) is 5.21. The molecule has 5 aliphatic rings. The lowest BCUT2D eigenvalue weighted by atomic mass is 9.61. The van der Waals surface area contributed by atoms with Crippen LogP contribution in [0.1, 0.15) is 92.9 Å². The van der Waals surface area contributed by atoms with E-state index in [-0.39, 0.29) is 10.8 Å². The van der Waals surface area contributed by atoms with Crippen molar-refractivity contribution in [2.75, 3.05) is 0 Å². The Morgan fingerprint density at radius 3 is 2.29 bits per heavy atom. The summed E-state index contributed by atoms with van der Waals surface area (Å²) >= 11 is 0. The Hall–Kier alpha value is 0.375. The van der Waals surface area contributed by atoms with E-state index < -0.39 is 0 Å². The molecule has 0 bridgehead atoms. The maximum atomic E-state index is 6.90. The van der Waals surface area contributed by atoms with E-state index in [1.807, 2.05) is 0 Å². The number of fused-ring (bicyclic) bond motifs is 5. The molecule has 3 saturated carbocycles. The second-order valence-electron chi connectivity index (χ2n) is 13.2. The minimum Gasteiger partial charge on any atom is -0.435 e. The van der Waals surface area contributed by atoms with Crippen LogP contribution in [0.25, 0.3) is 0 Å². The van der Waals surface area contributed by atoms with Gasteiger partial charge in [-0.15, -0.1) is 9.24 Å². The van der Waals surface area contributed by atoms with Gasteiger partial charge in [-0.05, 0) is 81.9 Å². The summed E-state index contributed by atoms with van der Waals surface area (Å²) in [5.41, 5.74) is -0.161. The molecule has 3 nitrogen and oxygen atoms in total. The van der Waals surface area contributed by atoms with Crippen LogP contribution in [0.2, 0.25) is 5.82 Å². The van der Waals surface area contributed by atoms with Crippen LogP contribution >= 0.6 is 9.24 Å². The SMILES string of the molecule is CC1CCC2C(C1)OC1CC(C)CC3C4CC([B]OC(C)(C)C(C)(C)P)CCC4N2C13. The highest BCUT2D eigenvalue weighted by atomic mass is 31.0. The third kappa shape index (κ3) is 4.08. The van der Waals surface area contributed by atoms with Crippen LogP contribution in [0, 0.1) is 23.7 Å². The molecule has 0 aromatic heterocycles. The molecular weight excluding hydrogens is 400 g/mol. The molecule has 5 fully saturated rings. The molecule has 0 aromatic rings. The predicted octanol–water partition coefficient (Wildman–Crippen LogP) is 5.70. The minimum absolute atomic E-state index is 0.0607. The molecule has 2 saturated heterocycles. The molecule has 2 aliphatic heterocycles. The molecule has 5 heteroatoms. The van der Waals surface area contributed by atoms with Gasteiger partial charge in [-0.2, -0.15) is 0 Å². The molecular formula is C26H46BNO2P. The van der Waals surface area contributed by atoms with Crippen molar-refractivity contribution >= 4 is 16.7 Å². The fraction of sp³-hybridized carbons (Fsp3) is 1.00. The van der Waals surface area contributed by atoms with E-state index in [1.54, 1.807) is 0 Å². The lowest BCUT2D eigenvalue weighted by Crippen LogP contribution is -2.64. The molecule has 3 aliphatic carbocycles. The van der Waals surface area contributed by atoms with Crippen LogP contribution in [-0.2, 0) is 9.39 Å². The molecule has 0 spiro atoms. The normalized spacial score (nSPS) is 48.0. The maximum absolute atomic E-state index is 6.90. The average Bonchev–Trinajstić information content (AvgIpc) is 3.00. The fourth-order valence-corrected chi connectivity index (χ4v) is 7.87. The lowest BCUT2D eigenvalue weighted by molar-refractivity contribution is -0.187. The summed E-state index contributed by atoms with van der Waals surface area (Å²) in [6.07, 6.45) is 11.7. The largest absolute Gasteiger partial charge is 0.435 e. The Morgan fingerprint density at radius 1 is 0.839 bits per heavy atom. The van der Waals surface area contributed by atoms with E-state index in [4.69, 9.17) is 9.39 Å². The van der Waals surface area contributed by atoms with Crippen LogP contribution in [-0.4, -0.2) is 53.5 Å². The number of morpholine rings is 1. The van der Waals surface area contributed by atoms with Crippen molar-refractivity contribution < 1.29 is 9.39 Å². The number of hydrogen-bond donors (Lipinski definition) is 0. The van der Waals surface area contributed by atoms with Gasteiger partial charge in [-0.3, -0.25) is 4.90 Å². The van der Waals surface area contributed by atoms with Crippen molar-refractivity contribution in [1.29, 1.82) is 0 Å². The van der Waals surface area contributed by atoms with Crippen molar-refractivity contribution in [2.24, 2.45) is 23.7 Å². The highest BCUT2D eigenvalue weighted by molar-refractivity contribution is 7.19. The summed E-state index contributed by atoms with van der Waals surface area (Å²) in [6, 6.07) is 2.18. The predicted molar refractivity (Wildman–Crippen MR) is 133 cm³/mol. The van der Waals surface area contributed by atoms with Gasteiger partial charge in [-0.25, -0.2) is 0 Å². The smallest absolute Gasteiger partial charge is 0.296 e. The zero-order valence-electron chi connectivity index (χ0n) is 20.8. The summed E-state index contributed by atoms with van der Waals surface area (Å²) in [5.74, 6) is 3.92. The van der Waals surface area contributed by atoms with Crippen molar-refractivity contribution in [3.05, 3.63) is 0 Å². The van der Waals surface area contributed by atoms with Crippen LogP contribution in [0.4, 0.5) is 0 Å². The standard InChI is InChI=1S/C26H46BNO2P/c1-15-7-9-21-22(12-15)29-23-13-16(2)11-19-18-14-17(8-10-20(18)28(21)24(19)23)27-30-25(3,4)26(5,6)31/h15-24H,7-14,31H2,1-6H3. The van der Waals surface area contributed by atoms with Gasteiger partial charge in [-0.1, -0.05) is 40.5 Å². The van der Waals surface area contributed by atoms with E-state index in [1.165, 1.54) is 51.4 Å². The van der Waals surface area contributed by atoms with Crippen molar-refractivity contribution in [3.63, 3.8) is 0 Å². The molecule has 31 heavy (non-hydrogen) atoms. The molecule has 0 N–H and O–H groups in total. The monoisotopic (exact) mass is 446 g/mol. The zero-order chi connectivity index (χ0) is 22.1. The van der Waals surface area contributed by atoms with Crippen LogP contribution < -0.4 is 0 Å². The number of rotatable bonds is 4. The molecule has 5 rings (SSSR count). The summed E-state index contributed by atoms with van der Waals surface area (Å²) in [4.78, 5) is 3.07. The van der Waals surface area contributed by atoms with E-state index in [9.17, 15) is 0 Å². The van der Waals surface area contributed by atoms with E-state index in [0.29, 0.717) is 30.1 Å². The first kappa shape index (κ1) is 23.1. The quantitative estimate of drug-likeness (QED) is 0.409. The summed E-state index contributed by atoms with van der Waals surface area (Å²) in [5, 5.41) is 0.0607. The Morgan fingerprint density at radius 2 is 1.55 bits per heavy atom. The van der Waals surface area contributed by atoms with Crippen LogP contribution in [0.5, 0.6) is 0 Å². The Labute approximate surface area is 194 Å². The Balaban J connectivity index is 1.33. The number of nitrogens with zero attached hydrogens (tertiary/aromatic N) is 1. The van der Waals surface area contributed by atoms with Crippen LogP contribution in [0.15, 0.2) is 0 Å². The van der Waals surface area contributed by atoms with Gasteiger partial charge in [0.15, 0.2) is 0 Å². The molecule has 0 amide bonds.